The van der Waals surface area contributed by atoms with Gasteiger partial charge in [0, 0.05) is 12.1 Å². The molecular formula is C12H22N2O4S. The number of allylic oxidation sites excluding steroid dienone is 1. The van der Waals surface area contributed by atoms with Gasteiger partial charge < -0.3 is 5.11 Å². The van der Waals surface area contributed by atoms with Crippen molar-refractivity contribution in [1.29, 1.82) is 0 Å². The Morgan fingerprint density at radius 1 is 1.53 bits per heavy atom. The monoisotopic (exact) mass is 290 g/mol. The molecule has 0 heterocycles. The number of nitrogens with one attached hydrogen (secondary N) is 1. The number of carboxylic acid groups (broad SMARTS) is 1. The van der Waals surface area contributed by atoms with E-state index in [9.17, 15) is 13.2 Å². The fourth-order valence-electron chi connectivity index (χ4n) is 2.21. The average Bonchev–Trinajstić information content (AvgIpc) is 2.28. The Morgan fingerprint density at radius 3 is 2.63 bits per heavy atom. The maximum atomic E-state index is 11.6. The van der Waals surface area contributed by atoms with E-state index in [0.717, 1.165) is 0 Å². The third-order valence-electron chi connectivity index (χ3n) is 3.31. The molecular weight excluding hydrogens is 268 g/mol. The summed E-state index contributed by atoms with van der Waals surface area (Å²) in [5.41, 5.74) is 0. The van der Waals surface area contributed by atoms with Crippen molar-refractivity contribution >= 4 is 16.0 Å². The van der Waals surface area contributed by atoms with Gasteiger partial charge in [-0.3, -0.25) is 9.69 Å². The Bertz CT molecular complexity index is 415. The molecule has 0 atom stereocenters. The van der Waals surface area contributed by atoms with Gasteiger partial charge in [-0.2, -0.15) is 0 Å². The van der Waals surface area contributed by atoms with Crippen LogP contribution >= 0.6 is 0 Å². The van der Waals surface area contributed by atoms with Crippen LogP contribution in [0.25, 0.3) is 0 Å². The van der Waals surface area contributed by atoms with Crippen molar-refractivity contribution in [2.75, 3.05) is 18.8 Å². The summed E-state index contributed by atoms with van der Waals surface area (Å²) in [5, 5.41) is 8.77. The van der Waals surface area contributed by atoms with E-state index in [4.69, 9.17) is 5.11 Å². The number of aliphatic carboxylic acids is 1. The first-order valence-corrected chi connectivity index (χ1v) is 8.10. The summed E-state index contributed by atoms with van der Waals surface area (Å²) in [6.07, 6.45) is 3.36. The van der Waals surface area contributed by atoms with Crippen LogP contribution in [0.1, 0.15) is 26.2 Å². The number of carbonyl (C=O) groups is 1. The van der Waals surface area contributed by atoms with Gasteiger partial charge in [0.1, 0.15) is 0 Å². The molecule has 0 bridgehead atoms. The standard InChI is InChI=1S/C12H22N2O4S/c1-3-5-6-19(17,18)13-10-7-11(8-10)14(4-2)9-12(15)16/h3,10-11,13H,1,4-9H2,2H3,(H,15,16). The fraction of sp³-hybridized carbons (Fsp3) is 0.750. The van der Waals surface area contributed by atoms with Gasteiger partial charge in [0.15, 0.2) is 0 Å². The highest BCUT2D eigenvalue weighted by molar-refractivity contribution is 7.89. The zero-order chi connectivity index (χ0) is 14.5. The molecule has 0 spiro atoms. The number of nitrogens with zero attached hydrogens (tertiary/aromatic N) is 1. The number of rotatable bonds is 9. The van der Waals surface area contributed by atoms with Crippen molar-refractivity contribution in [3.63, 3.8) is 0 Å². The smallest absolute Gasteiger partial charge is 0.317 e. The largest absolute Gasteiger partial charge is 0.480 e. The van der Waals surface area contributed by atoms with E-state index >= 15 is 0 Å². The van der Waals surface area contributed by atoms with Gasteiger partial charge in [-0.1, -0.05) is 13.0 Å². The molecule has 1 aliphatic rings. The highest BCUT2D eigenvalue weighted by Crippen LogP contribution is 2.26. The molecule has 0 unspecified atom stereocenters. The first kappa shape index (κ1) is 16.1. The third kappa shape index (κ3) is 5.30. The Kier molecular flexibility index (Phi) is 5.96. The Balaban J connectivity index is 2.36. The van der Waals surface area contributed by atoms with E-state index in [1.54, 1.807) is 6.08 Å². The first-order valence-electron chi connectivity index (χ1n) is 6.44. The van der Waals surface area contributed by atoms with Gasteiger partial charge in [-0.05, 0) is 25.8 Å². The van der Waals surface area contributed by atoms with Crippen molar-refractivity contribution in [3.05, 3.63) is 12.7 Å². The van der Waals surface area contributed by atoms with Crippen molar-refractivity contribution in [1.82, 2.24) is 9.62 Å². The van der Waals surface area contributed by atoms with Crippen LogP contribution in [-0.2, 0) is 14.8 Å². The van der Waals surface area contributed by atoms with Gasteiger partial charge in [0.25, 0.3) is 0 Å². The lowest BCUT2D eigenvalue weighted by atomic mass is 9.86. The summed E-state index contributed by atoms with van der Waals surface area (Å²) >= 11 is 0. The van der Waals surface area contributed by atoms with Crippen molar-refractivity contribution in [3.8, 4) is 0 Å². The molecule has 0 aromatic carbocycles. The zero-order valence-corrected chi connectivity index (χ0v) is 12.0. The maximum absolute atomic E-state index is 11.6. The highest BCUT2D eigenvalue weighted by Gasteiger charge is 2.35. The van der Waals surface area contributed by atoms with Gasteiger partial charge in [0.05, 0.1) is 12.3 Å². The molecule has 1 aliphatic carbocycles. The lowest BCUT2D eigenvalue weighted by Gasteiger charge is -2.42. The summed E-state index contributed by atoms with van der Waals surface area (Å²) in [7, 11) is -3.24. The fourth-order valence-corrected chi connectivity index (χ4v) is 3.50. The van der Waals surface area contributed by atoms with E-state index in [-0.39, 0.29) is 24.4 Å². The molecule has 0 aromatic rings. The molecule has 1 fully saturated rings. The Labute approximate surface area is 114 Å². The zero-order valence-electron chi connectivity index (χ0n) is 11.2. The highest BCUT2D eigenvalue weighted by atomic mass is 32.2. The summed E-state index contributed by atoms with van der Waals surface area (Å²) in [6.45, 7) is 6.07. The van der Waals surface area contributed by atoms with E-state index in [1.165, 1.54) is 0 Å². The van der Waals surface area contributed by atoms with Gasteiger partial charge in [0.2, 0.25) is 10.0 Å². The molecule has 7 heteroatoms. The van der Waals surface area contributed by atoms with Crippen LogP contribution in [0.15, 0.2) is 12.7 Å². The minimum absolute atomic E-state index is 0.0110. The molecule has 0 saturated heterocycles. The molecule has 2 N–H and O–H groups in total. The van der Waals surface area contributed by atoms with Gasteiger partial charge in [-0.15, -0.1) is 6.58 Å². The Morgan fingerprint density at radius 2 is 2.16 bits per heavy atom. The van der Waals surface area contributed by atoms with Crippen LogP contribution in [0.2, 0.25) is 0 Å². The molecule has 1 rings (SSSR count). The lowest BCUT2D eigenvalue weighted by Crippen LogP contribution is -2.55. The quantitative estimate of drug-likeness (QED) is 0.601. The van der Waals surface area contributed by atoms with Crippen molar-refractivity contribution < 1.29 is 18.3 Å². The normalized spacial score (nSPS) is 23.1. The third-order valence-corrected chi connectivity index (χ3v) is 4.78. The Hall–Kier alpha value is -0.920. The minimum atomic E-state index is -3.24. The molecule has 0 radical (unpaired) electrons. The van der Waals surface area contributed by atoms with E-state index in [1.807, 2.05) is 11.8 Å². The molecule has 19 heavy (non-hydrogen) atoms. The summed E-state index contributed by atoms with van der Waals surface area (Å²) < 4.78 is 25.9. The van der Waals surface area contributed by atoms with Crippen LogP contribution < -0.4 is 4.72 Å². The molecule has 6 nitrogen and oxygen atoms in total. The molecule has 0 amide bonds. The van der Waals surface area contributed by atoms with Crippen LogP contribution in [-0.4, -0.2) is 55.3 Å². The van der Waals surface area contributed by atoms with Crippen LogP contribution in [0.5, 0.6) is 0 Å². The molecule has 0 aromatic heterocycles. The number of sulfonamides is 1. The number of hydrogen-bond donors (Lipinski definition) is 2. The summed E-state index contributed by atoms with van der Waals surface area (Å²) in [6, 6.07) is 0.0934. The van der Waals surface area contributed by atoms with E-state index < -0.39 is 16.0 Å². The second-order valence-corrected chi connectivity index (χ2v) is 6.67. The number of likely N-dealkylation sites (N-methyl/N-ethyl adjacent to an activating group) is 1. The minimum Gasteiger partial charge on any atom is -0.480 e. The number of hydrogen-bond acceptors (Lipinski definition) is 4. The molecule has 0 aliphatic heterocycles. The maximum Gasteiger partial charge on any atom is 0.317 e. The van der Waals surface area contributed by atoms with Gasteiger partial charge in [-0.25, -0.2) is 13.1 Å². The van der Waals surface area contributed by atoms with Crippen LogP contribution in [0, 0.1) is 0 Å². The second kappa shape index (κ2) is 7.02. The SMILES string of the molecule is C=CCCS(=O)(=O)NC1CC(N(CC)CC(=O)O)C1. The lowest BCUT2D eigenvalue weighted by molar-refractivity contribution is -0.139. The van der Waals surface area contributed by atoms with Gasteiger partial charge >= 0.3 is 5.97 Å². The molecule has 110 valence electrons. The first-order chi connectivity index (χ1) is 8.88. The predicted molar refractivity (Wildman–Crippen MR) is 73.4 cm³/mol. The summed E-state index contributed by atoms with van der Waals surface area (Å²) in [5.74, 6) is -0.790. The number of carboxylic acids is 1. The average molecular weight is 290 g/mol. The molecule has 1 saturated carbocycles. The second-order valence-electron chi connectivity index (χ2n) is 4.79. The topological polar surface area (TPSA) is 86.7 Å². The summed E-state index contributed by atoms with van der Waals surface area (Å²) in [4.78, 5) is 12.5. The van der Waals surface area contributed by atoms with Crippen LogP contribution in [0.3, 0.4) is 0 Å². The van der Waals surface area contributed by atoms with Crippen molar-refractivity contribution in [2.45, 2.75) is 38.3 Å². The predicted octanol–water partition coefficient (Wildman–Crippen LogP) is 0.419. The van der Waals surface area contributed by atoms with E-state index in [0.29, 0.717) is 25.8 Å². The van der Waals surface area contributed by atoms with E-state index in [2.05, 4.69) is 11.3 Å². The van der Waals surface area contributed by atoms with Crippen molar-refractivity contribution in [2.24, 2.45) is 0 Å². The van der Waals surface area contributed by atoms with Crippen LogP contribution in [0.4, 0.5) is 0 Å².